The van der Waals surface area contributed by atoms with Gasteiger partial charge in [0.15, 0.2) is 0 Å². The fourth-order valence-electron chi connectivity index (χ4n) is 2.95. The van der Waals surface area contributed by atoms with Crippen molar-refractivity contribution in [2.24, 2.45) is 0 Å². The van der Waals surface area contributed by atoms with Crippen LogP contribution in [0.1, 0.15) is 42.2 Å². The maximum absolute atomic E-state index is 12.3. The molecule has 0 aromatic heterocycles. The summed E-state index contributed by atoms with van der Waals surface area (Å²) in [7, 11) is 1.43. The minimum absolute atomic E-state index is 0.261. The molecule has 0 aliphatic carbocycles. The lowest BCUT2D eigenvalue weighted by molar-refractivity contribution is 0.0693. The molecule has 134 valence electrons. The van der Waals surface area contributed by atoms with Crippen LogP contribution in [0, 0.1) is 13.8 Å². The summed E-state index contributed by atoms with van der Waals surface area (Å²) in [4.78, 5) is 37.2. The van der Waals surface area contributed by atoms with Gasteiger partial charge < -0.3 is 10.1 Å². The van der Waals surface area contributed by atoms with E-state index in [2.05, 4.69) is 11.4 Å². The summed E-state index contributed by atoms with van der Waals surface area (Å²) in [5.41, 5.74) is 3.16. The van der Waals surface area contributed by atoms with Crippen LogP contribution in [0.2, 0.25) is 0 Å². The maximum atomic E-state index is 12.3. The number of nitrogens with one attached hydrogen (secondary N) is 1. The summed E-state index contributed by atoms with van der Waals surface area (Å²) >= 11 is 0. The summed E-state index contributed by atoms with van der Waals surface area (Å²) in [6.07, 6.45) is 0. The molecular weight excluding hydrogens is 332 g/mol. The standard InChI is InChI=1S/C20H20N2O4/c1-12-8-13(2)10-15(9-12)26-7-6-21-18(23)14-4-5-16-17(11-14)20(25)22(3)19(16)24/h4-5,8-11H,6-7H2,1-3H3,(H,21,23). The summed E-state index contributed by atoms with van der Waals surface area (Å²) in [5, 5.41) is 2.75. The fourth-order valence-corrected chi connectivity index (χ4v) is 2.95. The third-order valence-corrected chi connectivity index (χ3v) is 4.20. The molecule has 3 rings (SSSR count). The highest BCUT2D eigenvalue weighted by atomic mass is 16.5. The molecule has 1 aliphatic heterocycles. The number of aryl methyl sites for hydroxylation is 2. The number of imide groups is 1. The van der Waals surface area contributed by atoms with Gasteiger partial charge in [-0.1, -0.05) is 6.07 Å². The summed E-state index contributed by atoms with van der Waals surface area (Å²) < 4.78 is 5.65. The zero-order chi connectivity index (χ0) is 18.8. The van der Waals surface area contributed by atoms with E-state index in [4.69, 9.17) is 4.74 Å². The van der Waals surface area contributed by atoms with Crippen LogP contribution in [0.5, 0.6) is 5.75 Å². The summed E-state index contributed by atoms with van der Waals surface area (Å²) in [6.45, 7) is 4.66. The molecule has 0 bridgehead atoms. The van der Waals surface area contributed by atoms with E-state index in [1.54, 1.807) is 6.07 Å². The lowest BCUT2D eigenvalue weighted by atomic mass is 10.1. The third-order valence-electron chi connectivity index (χ3n) is 4.20. The number of hydrogen-bond donors (Lipinski definition) is 1. The summed E-state index contributed by atoms with van der Waals surface area (Å²) in [5.74, 6) is -0.287. The van der Waals surface area contributed by atoms with Crippen molar-refractivity contribution < 1.29 is 19.1 Å². The van der Waals surface area contributed by atoms with Crippen LogP contribution in [0.15, 0.2) is 36.4 Å². The van der Waals surface area contributed by atoms with Crippen LogP contribution in [0.25, 0.3) is 0 Å². The molecule has 1 N–H and O–H groups in total. The van der Waals surface area contributed by atoms with Crippen molar-refractivity contribution >= 4 is 17.7 Å². The third kappa shape index (κ3) is 3.44. The Kier molecular flexibility index (Phi) is 4.75. The quantitative estimate of drug-likeness (QED) is 0.662. The van der Waals surface area contributed by atoms with Crippen molar-refractivity contribution in [3.05, 3.63) is 64.2 Å². The van der Waals surface area contributed by atoms with E-state index in [9.17, 15) is 14.4 Å². The van der Waals surface area contributed by atoms with Crippen LogP contribution >= 0.6 is 0 Å². The predicted octanol–water partition coefficient (Wildman–Crippen LogP) is 2.34. The van der Waals surface area contributed by atoms with Crippen molar-refractivity contribution in [2.45, 2.75) is 13.8 Å². The van der Waals surface area contributed by atoms with Crippen molar-refractivity contribution in [1.82, 2.24) is 10.2 Å². The van der Waals surface area contributed by atoms with Gasteiger partial charge in [0.2, 0.25) is 0 Å². The van der Waals surface area contributed by atoms with Crippen LogP contribution in [-0.2, 0) is 0 Å². The number of nitrogens with zero attached hydrogens (tertiary/aromatic N) is 1. The molecule has 6 nitrogen and oxygen atoms in total. The highest BCUT2D eigenvalue weighted by Crippen LogP contribution is 2.22. The zero-order valence-electron chi connectivity index (χ0n) is 15.0. The van der Waals surface area contributed by atoms with Gasteiger partial charge in [-0.2, -0.15) is 0 Å². The Morgan fingerprint density at radius 1 is 1.00 bits per heavy atom. The molecule has 0 saturated heterocycles. The van der Waals surface area contributed by atoms with E-state index in [1.165, 1.54) is 19.2 Å². The molecule has 2 aromatic rings. The first-order valence-electron chi connectivity index (χ1n) is 8.32. The second-order valence-electron chi connectivity index (χ2n) is 6.36. The molecule has 2 aromatic carbocycles. The highest BCUT2D eigenvalue weighted by Gasteiger charge is 2.33. The molecule has 0 atom stereocenters. The van der Waals surface area contributed by atoms with Crippen molar-refractivity contribution in [3.63, 3.8) is 0 Å². The topological polar surface area (TPSA) is 75.7 Å². The number of benzene rings is 2. The molecule has 1 heterocycles. The Morgan fingerprint density at radius 2 is 1.65 bits per heavy atom. The summed E-state index contributed by atoms with van der Waals surface area (Å²) in [6, 6.07) is 10.5. The first-order valence-corrected chi connectivity index (χ1v) is 8.32. The number of ether oxygens (including phenoxy) is 1. The maximum Gasteiger partial charge on any atom is 0.261 e. The molecule has 0 fully saturated rings. The minimum atomic E-state index is -0.391. The van der Waals surface area contributed by atoms with Crippen molar-refractivity contribution in [1.29, 1.82) is 0 Å². The molecule has 0 unspecified atom stereocenters. The van der Waals surface area contributed by atoms with Gasteiger partial charge in [0.25, 0.3) is 17.7 Å². The highest BCUT2D eigenvalue weighted by molar-refractivity contribution is 6.21. The second kappa shape index (κ2) is 7.00. The minimum Gasteiger partial charge on any atom is -0.492 e. The number of amides is 3. The van der Waals surface area contributed by atoms with E-state index in [1.807, 2.05) is 26.0 Å². The molecule has 26 heavy (non-hydrogen) atoms. The van der Waals surface area contributed by atoms with Crippen LogP contribution in [-0.4, -0.2) is 42.8 Å². The number of fused-ring (bicyclic) bond motifs is 1. The van der Waals surface area contributed by atoms with Gasteiger partial charge in [-0.15, -0.1) is 0 Å². The average Bonchev–Trinajstić information content (AvgIpc) is 2.82. The molecular formula is C20H20N2O4. The second-order valence-corrected chi connectivity index (χ2v) is 6.36. The monoisotopic (exact) mass is 352 g/mol. The Hall–Kier alpha value is -3.15. The number of hydrogen-bond acceptors (Lipinski definition) is 4. The zero-order valence-corrected chi connectivity index (χ0v) is 15.0. The molecule has 0 spiro atoms. The molecule has 6 heteroatoms. The number of rotatable bonds is 5. The van der Waals surface area contributed by atoms with E-state index in [0.717, 1.165) is 21.8 Å². The Balaban J connectivity index is 1.58. The Bertz CT molecular complexity index is 884. The van der Waals surface area contributed by atoms with Crippen LogP contribution in [0.3, 0.4) is 0 Å². The van der Waals surface area contributed by atoms with Gasteiger partial charge >= 0.3 is 0 Å². The first-order chi connectivity index (χ1) is 12.4. The van der Waals surface area contributed by atoms with Gasteiger partial charge in [-0.25, -0.2) is 0 Å². The fraction of sp³-hybridized carbons (Fsp3) is 0.250. The Labute approximate surface area is 151 Å². The lowest BCUT2D eigenvalue weighted by Crippen LogP contribution is -2.28. The largest absolute Gasteiger partial charge is 0.492 e. The van der Waals surface area contributed by atoms with Gasteiger partial charge in [-0.3, -0.25) is 19.3 Å². The SMILES string of the molecule is Cc1cc(C)cc(OCCNC(=O)c2ccc3c(c2)C(=O)N(C)C3=O)c1. The van der Waals surface area contributed by atoms with Gasteiger partial charge in [-0.05, 0) is 55.3 Å². The first kappa shape index (κ1) is 17.7. The van der Waals surface area contributed by atoms with E-state index in [0.29, 0.717) is 24.3 Å². The number of carbonyl (C=O) groups is 3. The number of carbonyl (C=O) groups excluding carboxylic acids is 3. The van der Waals surface area contributed by atoms with Gasteiger partial charge in [0.1, 0.15) is 12.4 Å². The average molecular weight is 352 g/mol. The van der Waals surface area contributed by atoms with Crippen LogP contribution in [0.4, 0.5) is 0 Å². The van der Waals surface area contributed by atoms with Crippen LogP contribution < -0.4 is 10.1 Å². The predicted molar refractivity (Wildman–Crippen MR) is 96.6 cm³/mol. The smallest absolute Gasteiger partial charge is 0.261 e. The molecule has 1 aliphatic rings. The van der Waals surface area contributed by atoms with Gasteiger partial charge in [0.05, 0.1) is 17.7 Å². The van der Waals surface area contributed by atoms with E-state index < -0.39 is 5.91 Å². The van der Waals surface area contributed by atoms with E-state index in [-0.39, 0.29) is 17.4 Å². The van der Waals surface area contributed by atoms with Gasteiger partial charge in [0, 0.05) is 12.6 Å². The lowest BCUT2D eigenvalue weighted by Gasteiger charge is -2.09. The Morgan fingerprint density at radius 3 is 2.35 bits per heavy atom. The van der Waals surface area contributed by atoms with Crippen molar-refractivity contribution in [2.75, 3.05) is 20.2 Å². The molecule has 0 saturated carbocycles. The molecule has 3 amide bonds. The molecule has 0 radical (unpaired) electrons. The normalized spacial score (nSPS) is 13.0. The van der Waals surface area contributed by atoms with Crippen molar-refractivity contribution in [3.8, 4) is 5.75 Å². The van der Waals surface area contributed by atoms with E-state index >= 15 is 0 Å².